The van der Waals surface area contributed by atoms with Gasteiger partial charge in [0.1, 0.15) is 17.5 Å². The van der Waals surface area contributed by atoms with Crippen molar-refractivity contribution in [3.63, 3.8) is 0 Å². The zero-order valence-corrected chi connectivity index (χ0v) is 25.7. The molecule has 0 fully saturated rings. The van der Waals surface area contributed by atoms with E-state index in [-0.39, 0.29) is 12.4 Å². The Kier molecular flexibility index (Phi) is 10.8. The molecule has 4 aromatic carbocycles. The quantitative estimate of drug-likeness (QED) is 0.0405. The molecular weight excluding hydrogens is 578 g/mol. The van der Waals surface area contributed by atoms with Gasteiger partial charge < -0.3 is 30.8 Å². The summed E-state index contributed by atoms with van der Waals surface area (Å²) in [5, 5.41) is 10.9. The van der Waals surface area contributed by atoms with Crippen LogP contribution in [0.3, 0.4) is 0 Å². The Labute approximate surface area is 268 Å². The number of esters is 2. The second-order valence-electron chi connectivity index (χ2n) is 11.2. The summed E-state index contributed by atoms with van der Waals surface area (Å²) in [6.45, 7) is 0.412. The molecule has 5 aromatic rings. The number of guanidine groups is 1. The van der Waals surface area contributed by atoms with E-state index in [1.165, 1.54) is 11.1 Å². The fourth-order valence-corrected chi connectivity index (χ4v) is 5.29. The number of rotatable bonds is 14. The van der Waals surface area contributed by atoms with Gasteiger partial charge in [0.2, 0.25) is 0 Å². The van der Waals surface area contributed by atoms with Gasteiger partial charge in [-0.2, -0.15) is 0 Å². The largest absolute Gasteiger partial charge is 0.457 e. The summed E-state index contributed by atoms with van der Waals surface area (Å²) in [4.78, 5) is 24.8. The third-order valence-electron chi connectivity index (χ3n) is 7.71. The second-order valence-corrected chi connectivity index (χ2v) is 11.2. The molecule has 1 atom stereocenters. The van der Waals surface area contributed by atoms with E-state index in [1.807, 2.05) is 66.7 Å². The molecule has 46 heavy (non-hydrogen) atoms. The standard InChI is InChI=1S/C37H39N5O4/c38-33(12-7-23-41-37(39)40)36(44)46-35(43)22-15-27-14-21-34-32(24-27)28(16-13-26-8-3-1-4-9-26)25-42(34)29-17-19-31(20-18-29)45-30-10-5-2-6-11-30/h1-6,8-11,14,17-21,24-25,33H,7,12-13,15-16,22-23,38H2,(H4,39,40,41)/t33-/m0/s1. The van der Waals surface area contributed by atoms with Gasteiger partial charge in [0.05, 0.1) is 11.9 Å². The number of ether oxygens (including phenoxy) is 2. The van der Waals surface area contributed by atoms with Gasteiger partial charge in [0.25, 0.3) is 0 Å². The lowest BCUT2D eigenvalue weighted by molar-refractivity contribution is -0.160. The van der Waals surface area contributed by atoms with Crippen LogP contribution < -0.4 is 21.5 Å². The number of aryl methyl sites for hydroxylation is 3. The Morgan fingerprint density at radius 1 is 0.826 bits per heavy atom. The molecule has 0 aliphatic carbocycles. The Morgan fingerprint density at radius 3 is 2.24 bits per heavy atom. The SMILES string of the molecule is N=C(N)NCCC[C@H](N)C(=O)OC(=O)CCc1ccc2c(c1)c(CCc1ccccc1)cn2-c1ccc(Oc2ccccc2)cc1. The number of carbonyl (C=O) groups is 2. The van der Waals surface area contributed by atoms with Gasteiger partial charge in [-0.3, -0.25) is 10.2 Å². The van der Waals surface area contributed by atoms with Crippen LogP contribution >= 0.6 is 0 Å². The smallest absolute Gasteiger partial charge is 0.330 e. The summed E-state index contributed by atoms with van der Waals surface area (Å²) in [6.07, 6.45) is 5.24. The monoisotopic (exact) mass is 617 g/mol. The van der Waals surface area contributed by atoms with Crippen molar-refractivity contribution < 1.29 is 19.1 Å². The van der Waals surface area contributed by atoms with Gasteiger partial charge in [-0.25, -0.2) is 4.79 Å². The number of hydrogen-bond donors (Lipinski definition) is 4. The molecule has 0 aliphatic heterocycles. The van der Waals surface area contributed by atoms with Crippen molar-refractivity contribution >= 4 is 28.8 Å². The minimum Gasteiger partial charge on any atom is -0.457 e. The maximum absolute atomic E-state index is 12.5. The number of nitrogens with zero attached hydrogens (tertiary/aromatic N) is 1. The summed E-state index contributed by atoms with van der Waals surface area (Å²) in [6, 6.07) is 33.4. The van der Waals surface area contributed by atoms with E-state index < -0.39 is 18.0 Å². The molecule has 0 aliphatic rings. The van der Waals surface area contributed by atoms with Crippen molar-refractivity contribution in [2.45, 2.75) is 44.6 Å². The van der Waals surface area contributed by atoms with E-state index in [0.717, 1.165) is 46.5 Å². The number of carbonyl (C=O) groups excluding carboxylic acids is 2. The molecule has 0 saturated heterocycles. The average Bonchev–Trinajstić information content (AvgIpc) is 3.43. The van der Waals surface area contributed by atoms with Gasteiger partial charge in [-0.05, 0) is 97.3 Å². The number of nitrogens with two attached hydrogens (primary N) is 2. The lowest BCUT2D eigenvalue weighted by atomic mass is 10.0. The molecule has 6 N–H and O–H groups in total. The number of fused-ring (bicyclic) bond motifs is 1. The minimum absolute atomic E-state index is 0.0544. The highest BCUT2D eigenvalue weighted by molar-refractivity contribution is 5.89. The number of aromatic nitrogens is 1. The van der Waals surface area contributed by atoms with E-state index >= 15 is 0 Å². The first kappa shape index (κ1) is 32.0. The summed E-state index contributed by atoms with van der Waals surface area (Å²) in [5.41, 5.74) is 16.6. The van der Waals surface area contributed by atoms with Crippen molar-refractivity contribution in [1.29, 1.82) is 5.41 Å². The highest BCUT2D eigenvalue weighted by atomic mass is 16.6. The molecule has 0 bridgehead atoms. The van der Waals surface area contributed by atoms with Crippen LogP contribution in [-0.4, -0.2) is 35.1 Å². The molecule has 9 heteroatoms. The predicted octanol–water partition coefficient (Wildman–Crippen LogP) is 5.80. The Bertz CT molecular complexity index is 1770. The molecule has 0 unspecified atom stereocenters. The third-order valence-corrected chi connectivity index (χ3v) is 7.71. The number of hydrogen-bond acceptors (Lipinski definition) is 6. The van der Waals surface area contributed by atoms with Gasteiger partial charge >= 0.3 is 11.9 Å². The van der Waals surface area contributed by atoms with Crippen LogP contribution in [0.25, 0.3) is 16.6 Å². The molecule has 0 radical (unpaired) electrons. The first-order valence-corrected chi connectivity index (χ1v) is 15.4. The topological polar surface area (TPSA) is 145 Å². The van der Waals surface area contributed by atoms with E-state index in [2.05, 4.69) is 52.5 Å². The normalized spacial score (nSPS) is 11.6. The highest BCUT2D eigenvalue weighted by Crippen LogP contribution is 2.29. The molecule has 0 saturated carbocycles. The molecule has 1 aromatic heterocycles. The Hall–Kier alpha value is -5.41. The minimum atomic E-state index is -0.917. The highest BCUT2D eigenvalue weighted by Gasteiger charge is 2.19. The van der Waals surface area contributed by atoms with E-state index in [0.29, 0.717) is 25.8 Å². The van der Waals surface area contributed by atoms with Crippen LogP contribution in [0.2, 0.25) is 0 Å². The fraction of sp³-hybridized carbons (Fsp3) is 0.216. The number of benzene rings is 4. The third kappa shape index (κ3) is 8.83. The number of para-hydroxylation sites is 1. The zero-order chi connectivity index (χ0) is 32.3. The maximum atomic E-state index is 12.5. The fourth-order valence-electron chi connectivity index (χ4n) is 5.29. The summed E-state index contributed by atoms with van der Waals surface area (Å²) in [7, 11) is 0. The summed E-state index contributed by atoms with van der Waals surface area (Å²) >= 11 is 0. The zero-order valence-electron chi connectivity index (χ0n) is 25.7. The second kappa shape index (κ2) is 15.5. The molecule has 1 heterocycles. The van der Waals surface area contributed by atoms with Crippen LogP contribution in [0.15, 0.2) is 109 Å². The molecule has 9 nitrogen and oxygen atoms in total. The van der Waals surface area contributed by atoms with Crippen molar-refractivity contribution in [3.8, 4) is 17.2 Å². The molecule has 5 rings (SSSR count). The number of nitrogens with one attached hydrogen (secondary N) is 2. The van der Waals surface area contributed by atoms with Crippen LogP contribution in [0.5, 0.6) is 11.5 Å². The predicted molar refractivity (Wildman–Crippen MR) is 180 cm³/mol. The van der Waals surface area contributed by atoms with Gasteiger partial charge in [-0.15, -0.1) is 0 Å². The van der Waals surface area contributed by atoms with Gasteiger partial charge in [-0.1, -0.05) is 54.6 Å². The molecular formula is C37H39N5O4. The Morgan fingerprint density at radius 2 is 1.52 bits per heavy atom. The summed E-state index contributed by atoms with van der Waals surface area (Å²) in [5.74, 6) is 0.0417. The van der Waals surface area contributed by atoms with Gasteiger partial charge in [0.15, 0.2) is 5.96 Å². The van der Waals surface area contributed by atoms with Crippen LogP contribution in [0.1, 0.15) is 36.0 Å². The van der Waals surface area contributed by atoms with Crippen molar-refractivity contribution in [2.24, 2.45) is 11.5 Å². The van der Waals surface area contributed by atoms with Gasteiger partial charge in [0, 0.05) is 23.8 Å². The van der Waals surface area contributed by atoms with E-state index in [9.17, 15) is 9.59 Å². The van der Waals surface area contributed by atoms with Crippen molar-refractivity contribution in [1.82, 2.24) is 9.88 Å². The van der Waals surface area contributed by atoms with Crippen molar-refractivity contribution in [3.05, 3.63) is 126 Å². The molecule has 236 valence electrons. The van der Waals surface area contributed by atoms with E-state index in [1.54, 1.807) is 0 Å². The Balaban J connectivity index is 1.28. The van der Waals surface area contributed by atoms with Crippen LogP contribution in [-0.2, 0) is 33.6 Å². The van der Waals surface area contributed by atoms with Crippen LogP contribution in [0, 0.1) is 5.41 Å². The lowest BCUT2D eigenvalue weighted by Crippen LogP contribution is -2.36. The maximum Gasteiger partial charge on any atom is 0.330 e. The van der Waals surface area contributed by atoms with Crippen LogP contribution in [0.4, 0.5) is 0 Å². The van der Waals surface area contributed by atoms with Crippen molar-refractivity contribution in [2.75, 3.05) is 6.54 Å². The lowest BCUT2D eigenvalue weighted by Gasteiger charge is -2.11. The molecule has 0 amide bonds. The molecule has 0 spiro atoms. The summed E-state index contributed by atoms with van der Waals surface area (Å²) < 4.78 is 13.2. The van der Waals surface area contributed by atoms with E-state index in [4.69, 9.17) is 26.4 Å². The first-order valence-electron chi connectivity index (χ1n) is 15.4. The first-order chi connectivity index (χ1) is 22.4. The average molecular weight is 618 g/mol.